The van der Waals surface area contributed by atoms with Crippen LogP contribution in [0.5, 0.6) is 0 Å². The largest absolute Gasteiger partial charge is 0.342 e. The minimum atomic E-state index is 0.282. The number of hydrogen-bond donors (Lipinski definition) is 1. The number of hydrogen-bond acceptors (Lipinski definition) is 5. The lowest BCUT2D eigenvalue weighted by Crippen LogP contribution is -2.42. The highest BCUT2D eigenvalue weighted by atomic mass is 32.1. The van der Waals surface area contributed by atoms with E-state index in [1.54, 1.807) is 17.5 Å². The summed E-state index contributed by atoms with van der Waals surface area (Å²) in [6.07, 6.45) is 9.71. The molecule has 0 aromatic carbocycles. The van der Waals surface area contributed by atoms with Gasteiger partial charge in [-0.15, -0.1) is 11.3 Å². The van der Waals surface area contributed by atoms with Gasteiger partial charge in [0, 0.05) is 42.2 Å². The number of likely N-dealkylation sites (tertiary alicyclic amines) is 1. The molecule has 1 saturated carbocycles. The molecule has 138 valence electrons. The maximum Gasteiger partial charge on any atom is 0.225 e. The molecule has 5 nitrogen and oxygen atoms in total. The number of amides is 1. The SMILES string of the molecule is O=C(C1CCCCC1)N1CCC(c2cccc(Nc3nccs3)n2)CC1. The fourth-order valence-electron chi connectivity index (χ4n) is 4.15. The third-order valence-corrected chi connectivity index (χ3v) is 6.31. The van der Waals surface area contributed by atoms with Gasteiger partial charge in [0.25, 0.3) is 0 Å². The van der Waals surface area contributed by atoms with Crippen LogP contribution in [0.15, 0.2) is 29.8 Å². The van der Waals surface area contributed by atoms with Crippen LogP contribution in [-0.2, 0) is 4.79 Å². The summed E-state index contributed by atoms with van der Waals surface area (Å²) in [7, 11) is 0. The fourth-order valence-corrected chi connectivity index (χ4v) is 4.68. The Kier molecular flexibility index (Phi) is 5.48. The van der Waals surface area contributed by atoms with Crippen LogP contribution in [0.4, 0.5) is 10.9 Å². The summed E-state index contributed by atoms with van der Waals surface area (Å²) < 4.78 is 0. The lowest BCUT2D eigenvalue weighted by atomic mass is 9.86. The Hall–Kier alpha value is -1.95. The highest BCUT2D eigenvalue weighted by molar-refractivity contribution is 7.13. The van der Waals surface area contributed by atoms with Gasteiger partial charge in [-0.3, -0.25) is 4.79 Å². The number of carbonyl (C=O) groups excluding carboxylic acids is 1. The van der Waals surface area contributed by atoms with Gasteiger partial charge >= 0.3 is 0 Å². The number of piperidine rings is 1. The molecular formula is C20H26N4OS. The van der Waals surface area contributed by atoms with E-state index in [9.17, 15) is 4.79 Å². The summed E-state index contributed by atoms with van der Waals surface area (Å²) in [5.41, 5.74) is 1.12. The maximum absolute atomic E-state index is 12.7. The van der Waals surface area contributed by atoms with Crippen molar-refractivity contribution in [2.45, 2.75) is 50.9 Å². The highest BCUT2D eigenvalue weighted by Crippen LogP contribution is 2.31. The third-order valence-electron chi connectivity index (χ3n) is 5.62. The summed E-state index contributed by atoms with van der Waals surface area (Å²) >= 11 is 1.57. The number of thiazole rings is 1. The molecule has 2 aromatic heterocycles. The summed E-state index contributed by atoms with van der Waals surface area (Å²) in [4.78, 5) is 23.9. The van der Waals surface area contributed by atoms with Crippen LogP contribution in [0.3, 0.4) is 0 Å². The van der Waals surface area contributed by atoms with Crippen LogP contribution < -0.4 is 5.32 Å². The second-order valence-electron chi connectivity index (χ2n) is 7.34. The summed E-state index contributed by atoms with van der Waals surface area (Å²) in [5.74, 6) is 1.96. The number of nitrogens with zero attached hydrogens (tertiary/aromatic N) is 3. The van der Waals surface area contributed by atoms with Gasteiger partial charge in [0.2, 0.25) is 5.91 Å². The van der Waals surface area contributed by atoms with E-state index in [0.29, 0.717) is 11.8 Å². The molecule has 4 rings (SSSR count). The predicted octanol–water partition coefficient (Wildman–Crippen LogP) is 4.57. The number of anilines is 2. The van der Waals surface area contributed by atoms with E-state index < -0.39 is 0 Å². The van der Waals surface area contributed by atoms with Crippen LogP contribution >= 0.6 is 11.3 Å². The molecule has 0 spiro atoms. The molecule has 0 bridgehead atoms. The Balaban J connectivity index is 1.35. The molecule has 0 radical (unpaired) electrons. The molecule has 26 heavy (non-hydrogen) atoms. The minimum Gasteiger partial charge on any atom is -0.342 e. The Labute approximate surface area is 158 Å². The van der Waals surface area contributed by atoms with Gasteiger partial charge in [0.05, 0.1) is 0 Å². The molecule has 2 aromatic rings. The third kappa shape index (κ3) is 4.06. The fraction of sp³-hybridized carbons (Fsp3) is 0.550. The van der Waals surface area contributed by atoms with Crippen molar-refractivity contribution in [3.8, 4) is 0 Å². The molecule has 0 unspecified atom stereocenters. The number of rotatable bonds is 4. The lowest BCUT2D eigenvalue weighted by molar-refractivity contribution is -0.137. The van der Waals surface area contributed by atoms with Gasteiger partial charge in [-0.05, 0) is 37.8 Å². The summed E-state index contributed by atoms with van der Waals surface area (Å²) in [6, 6.07) is 6.14. The van der Waals surface area contributed by atoms with Crippen molar-refractivity contribution in [2.75, 3.05) is 18.4 Å². The minimum absolute atomic E-state index is 0.282. The number of nitrogens with one attached hydrogen (secondary N) is 1. The number of aromatic nitrogens is 2. The lowest BCUT2D eigenvalue weighted by Gasteiger charge is -2.35. The molecule has 3 heterocycles. The van der Waals surface area contributed by atoms with Gasteiger partial charge in [0.1, 0.15) is 5.82 Å². The zero-order valence-corrected chi connectivity index (χ0v) is 15.9. The molecule has 0 atom stereocenters. The second-order valence-corrected chi connectivity index (χ2v) is 8.24. The van der Waals surface area contributed by atoms with E-state index >= 15 is 0 Å². The molecule has 1 N–H and O–H groups in total. The first kappa shape index (κ1) is 17.5. The van der Waals surface area contributed by atoms with Crippen LogP contribution in [0.1, 0.15) is 56.6 Å². The highest BCUT2D eigenvalue weighted by Gasteiger charge is 2.29. The molecular weight excluding hydrogens is 344 g/mol. The van der Waals surface area contributed by atoms with Crippen molar-refractivity contribution in [3.63, 3.8) is 0 Å². The first-order valence-corrected chi connectivity index (χ1v) is 10.6. The zero-order chi connectivity index (χ0) is 17.8. The van der Waals surface area contributed by atoms with E-state index in [1.165, 1.54) is 19.3 Å². The first-order chi connectivity index (χ1) is 12.8. The van der Waals surface area contributed by atoms with Crippen molar-refractivity contribution in [1.82, 2.24) is 14.9 Å². The topological polar surface area (TPSA) is 58.1 Å². The van der Waals surface area contributed by atoms with E-state index in [-0.39, 0.29) is 5.92 Å². The molecule has 6 heteroatoms. The molecule has 2 aliphatic rings. The van der Waals surface area contributed by atoms with Crippen molar-refractivity contribution in [2.24, 2.45) is 5.92 Å². The van der Waals surface area contributed by atoms with E-state index in [2.05, 4.69) is 27.3 Å². The van der Waals surface area contributed by atoms with Crippen molar-refractivity contribution in [3.05, 3.63) is 35.5 Å². The summed E-state index contributed by atoms with van der Waals surface area (Å²) in [6.45, 7) is 1.73. The average molecular weight is 371 g/mol. The van der Waals surface area contributed by atoms with Gasteiger partial charge < -0.3 is 10.2 Å². The molecule has 1 saturated heterocycles. The van der Waals surface area contributed by atoms with Crippen molar-refractivity contribution in [1.29, 1.82) is 0 Å². The quantitative estimate of drug-likeness (QED) is 0.856. The Morgan fingerprint density at radius 2 is 1.92 bits per heavy atom. The van der Waals surface area contributed by atoms with Gasteiger partial charge in [0.15, 0.2) is 5.13 Å². The van der Waals surface area contributed by atoms with E-state index in [1.807, 2.05) is 11.4 Å². The maximum atomic E-state index is 12.7. The normalized spacial score (nSPS) is 19.5. The van der Waals surface area contributed by atoms with Gasteiger partial charge in [-0.25, -0.2) is 9.97 Å². The zero-order valence-electron chi connectivity index (χ0n) is 15.1. The standard InChI is InChI=1S/C20H26N4OS/c25-19(16-5-2-1-3-6-16)24-12-9-15(10-13-24)17-7-4-8-18(22-17)23-20-21-11-14-26-20/h4,7-8,11,14-16H,1-3,5-6,9-10,12-13H2,(H,21,22,23). The Bertz CT molecular complexity index is 719. The van der Waals surface area contributed by atoms with E-state index in [0.717, 1.165) is 55.4 Å². The van der Waals surface area contributed by atoms with Gasteiger partial charge in [-0.2, -0.15) is 0 Å². The van der Waals surface area contributed by atoms with Crippen LogP contribution in [-0.4, -0.2) is 33.9 Å². The predicted molar refractivity (Wildman–Crippen MR) is 105 cm³/mol. The molecule has 1 aliphatic carbocycles. The molecule has 1 amide bonds. The smallest absolute Gasteiger partial charge is 0.225 e. The van der Waals surface area contributed by atoms with Gasteiger partial charge in [-0.1, -0.05) is 25.3 Å². The monoisotopic (exact) mass is 370 g/mol. The number of pyridine rings is 1. The molecule has 1 aliphatic heterocycles. The second kappa shape index (κ2) is 8.16. The Morgan fingerprint density at radius 3 is 2.65 bits per heavy atom. The summed E-state index contributed by atoms with van der Waals surface area (Å²) in [5, 5.41) is 6.08. The van der Waals surface area contributed by atoms with Crippen LogP contribution in [0.2, 0.25) is 0 Å². The Morgan fingerprint density at radius 1 is 1.12 bits per heavy atom. The van der Waals surface area contributed by atoms with Crippen LogP contribution in [0, 0.1) is 5.92 Å². The van der Waals surface area contributed by atoms with E-state index in [4.69, 9.17) is 4.98 Å². The average Bonchev–Trinajstić information content (AvgIpc) is 3.21. The molecule has 2 fully saturated rings. The first-order valence-electron chi connectivity index (χ1n) is 9.72. The van der Waals surface area contributed by atoms with Crippen LogP contribution in [0.25, 0.3) is 0 Å². The van der Waals surface area contributed by atoms with Crippen molar-refractivity contribution < 1.29 is 4.79 Å². The number of carbonyl (C=O) groups is 1. The van der Waals surface area contributed by atoms with Crippen molar-refractivity contribution >= 4 is 28.2 Å².